The fraction of sp³-hybridized carbons (Fsp3) is 0.364. The van der Waals surface area contributed by atoms with Gasteiger partial charge in [-0.2, -0.15) is 0 Å². The Bertz CT molecular complexity index is 426. The highest BCUT2D eigenvalue weighted by Crippen LogP contribution is 2.12. The van der Waals surface area contributed by atoms with Gasteiger partial charge in [0, 0.05) is 30.3 Å². The zero-order valence-electron chi connectivity index (χ0n) is 10.2. The van der Waals surface area contributed by atoms with Crippen molar-refractivity contribution in [3.63, 3.8) is 0 Å². The lowest BCUT2D eigenvalue weighted by Gasteiger charge is -2.11. The number of halogens is 1. The van der Waals surface area contributed by atoms with Gasteiger partial charge in [0.15, 0.2) is 0 Å². The molecule has 0 saturated heterocycles. The summed E-state index contributed by atoms with van der Waals surface area (Å²) in [5.74, 6) is -0.309. The molecule has 7 heteroatoms. The average molecular weight is 274 g/mol. The second-order valence-corrected chi connectivity index (χ2v) is 3.71. The van der Waals surface area contributed by atoms with Crippen molar-refractivity contribution >= 4 is 24.0 Å². The molecule has 0 fully saturated rings. The third-order valence-electron chi connectivity index (χ3n) is 2.38. The van der Waals surface area contributed by atoms with Gasteiger partial charge in [-0.15, -0.1) is 12.4 Å². The summed E-state index contributed by atoms with van der Waals surface area (Å²) >= 11 is 0. The van der Waals surface area contributed by atoms with Gasteiger partial charge in [0.05, 0.1) is 4.92 Å². The topological polar surface area (TPSA) is 84.3 Å². The highest BCUT2D eigenvalue weighted by molar-refractivity contribution is 5.94. The van der Waals surface area contributed by atoms with Crippen LogP contribution in [0.4, 0.5) is 5.69 Å². The first-order chi connectivity index (χ1) is 8.04. The van der Waals surface area contributed by atoms with Crippen LogP contribution in [0.3, 0.4) is 0 Å². The second-order valence-electron chi connectivity index (χ2n) is 3.71. The number of hydrogen-bond donors (Lipinski definition) is 2. The van der Waals surface area contributed by atoms with E-state index < -0.39 is 4.92 Å². The standard InChI is InChI=1S/C11H15N3O3.ClH/c1-8(12-2)7-13-11(15)9-4-3-5-10(6-9)14(16)17;/h3-6,8,12H,7H2,1-2H3,(H,13,15);1H. The molecule has 1 aromatic carbocycles. The first-order valence-corrected chi connectivity index (χ1v) is 5.24. The van der Waals surface area contributed by atoms with Crippen LogP contribution in [-0.2, 0) is 0 Å². The molecule has 0 heterocycles. The van der Waals surface area contributed by atoms with Crippen molar-refractivity contribution < 1.29 is 9.72 Å². The van der Waals surface area contributed by atoms with E-state index in [9.17, 15) is 14.9 Å². The van der Waals surface area contributed by atoms with Gasteiger partial charge in [0.1, 0.15) is 0 Å². The molecule has 100 valence electrons. The minimum atomic E-state index is -0.521. The van der Waals surface area contributed by atoms with Crippen molar-refractivity contribution in [1.82, 2.24) is 10.6 Å². The molecule has 1 amide bonds. The zero-order chi connectivity index (χ0) is 12.8. The van der Waals surface area contributed by atoms with Crippen molar-refractivity contribution in [3.8, 4) is 0 Å². The maximum atomic E-state index is 11.7. The normalized spacial score (nSPS) is 11.2. The van der Waals surface area contributed by atoms with Crippen molar-refractivity contribution in [2.24, 2.45) is 0 Å². The molecule has 0 bridgehead atoms. The number of hydrogen-bond acceptors (Lipinski definition) is 4. The number of carbonyl (C=O) groups excluding carboxylic acids is 1. The van der Waals surface area contributed by atoms with Crippen LogP contribution in [0.15, 0.2) is 24.3 Å². The molecule has 0 aliphatic carbocycles. The highest BCUT2D eigenvalue weighted by Gasteiger charge is 2.11. The maximum Gasteiger partial charge on any atom is 0.270 e. The van der Waals surface area contributed by atoms with Gasteiger partial charge >= 0.3 is 0 Å². The van der Waals surface area contributed by atoms with Crippen LogP contribution in [0, 0.1) is 10.1 Å². The summed E-state index contributed by atoms with van der Waals surface area (Å²) < 4.78 is 0. The van der Waals surface area contributed by atoms with Crippen molar-refractivity contribution in [1.29, 1.82) is 0 Å². The number of benzene rings is 1. The van der Waals surface area contributed by atoms with Crippen LogP contribution >= 0.6 is 12.4 Å². The molecule has 6 nitrogen and oxygen atoms in total. The Morgan fingerprint density at radius 3 is 2.72 bits per heavy atom. The Balaban J connectivity index is 0.00000289. The molecule has 1 atom stereocenters. The lowest BCUT2D eigenvalue weighted by molar-refractivity contribution is -0.384. The van der Waals surface area contributed by atoms with Crippen LogP contribution in [0.5, 0.6) is 0 Å². The molecular formula is C11H16ClN3O3. The number of rotatable bonds is 5. The number of nitrogens with one attached hydrogen (secondary N) is 2. The second kappa shape index (κ2) is 7.62. The summed E-state index contributed by atoms with van der Waals surface area (Å²) in [6, 6.07) is 5.81. The van der Waals surface area contributed by atoms with Gasteiger partial charge in [-0.1, -0.05) is 6.07 Å². The molecule has 0 radical (unpaired) electrons. The van der Waals surface area contributed by atoms with Crippen LogP contribution in [0.2, 0.25) is 0 Å². The summed E-state index contributed by atoms with van der Waals surface area (Å²) in [5, 5.41) is 16.2. The van der Waals surface area contributed by atoms with E-state index in [1.54, 1.807) is 13.1 Å². The van der Waals surface area contributed by atoms with Crippen molar-refractivity contribution in [2.75, 3.05) is 13.6 Å². The molecule has 0 saturated carbocycles. The molecule has 0 aliphatic heterocycles. The smallest absolute Gasteiger partial charge is 0.270 e. The van der Waals surface area contributed by atoms with Gasteiger partial charge in [0.25, 0.3) is 11.6 Å². The van der Waals surface area contributed by atoms with Gasteiger partial charge in [-0.05, 0) is 20.0 Å². The van der Waals surface area contributed by atoms with E-state index in [1.807, 2.05) is 6.92 Å². The molecule has 0 spiro atoms. The van der Waals surface area contributed by atoms with E-state index in [0.717, 1.165) is 0 Å². The highest BCUT2D eigenvalue weighted by atomic mass is 35.5. The third-order valence-corrected chi connectivity index (χ3v) is 2.38. The fourth-order valence-corrected chi connectivity index (χ4v) is 1.21. The first kappa shape index (κ1) is 16.3. The largest absolute Gasteiger partial charge is 0.350 e. The van der Waals surface area contributed by atoms with Crippen molar-refractivity contribution in [2.45, 2.75) is 13.0 Å². The lowest BCUT2D eigenvalue weighted by Crippen LogP contribution is -2.37. The van der Waals surface area contributed by atoms with E-state index in [4.69, 9.17) is 0 Å². The van der Waals surface area contributed by atoms with Crippen LogP contribution < -0.4 is 10.6 Å². The third kappa shape index (κ3) is 4.68. The number of amides is 1. The molecule has 0 aromatic heterocycles. The predicted molar refractivity (Wildman–Crippen MR) is 71.2 cm³/mol. The van der Waals surface area contributed by atoms with Gasteiger partial charge in [-0.25, -0.2) is 0 Å². The molecule has 2 N–H and O–H groups in total. The Kier molecular flexibility index (Phi) is 6.92. The SMILES string of the molecule is CNC(C)CNC(=O)c1cccc([N+](=O)[O-])c1.Cl. The number of nitro groups is 1. The Labute approximate surface area is 111 Å². The van der Waals surface area contributed by atoms with Crippen LogP contribution in [0.1, 0.15) is 17.3 Å². The number of nitrogens with zero attached hydrogens (tertiary/aromatic N) is 1. The minimum absolute atomic E-state index is 0. The van der Waals surface area contributed by atoms with Crippen LogP contribution in [-0.4, -0.2) is 30.5 Å². The average Bonchev–Trinajstić information content (AvgIpc) is 2.35. The molecule has 18 heavy (non-hydrogen) atoms. The molecule has 1 aromatic rings. The van der Waals surface area contributed by atoms with E-state index in [-0.39, 0.29) is 30.0 Å². The van der Waals surface area contributed by atoms with E-state index in [1.165, 1.54) is 18.2 Å². The molecule has 1 unspecified atom stereocenters. The van der Waals surface area contributed by atoms with Gasteiger partial charge < -0.3 is 10.6 Å². The minimum Gasteiger partial charge on any atom is -0.350 e. The summed E-state index contributed by atoms with van der Waals surface area (Å²) in [7, 11) is 1.80. The summed E-state index contributed by atoms with van der Waals surface area (Å²) in [4.78, 5) is 21.7. The number of nitro benzene ring substituents is 1. The van der Waals surface area contributed by atoms with E-state index in [0.29, 0.717) is 12.1 Å². The van der Waals surface area contributed by atoms with Crippen LogP contribution in [0.25, 0.3) is 0 Å². The Hall–Kier alpha value is -1.66. The number of carbonyl (C=O) groups is 1. The summed E-state index contributed by atoms with van der Waals surface area (Å²) in [6.45, 7) is 2.39. The monoisotopic (exact) mass is 273 g/mol. The van der Waals surface area contributed by atoms with Gasteiger partial charge in [0.2, 0.25) is 0 Å². The van der Waals surface area contributed by atoms with E-state index >= 15 is 0 Å². The Morgan fingerprint density at radius 2 is 2.17 bits per heavy atom. The maximum absolute atomic E-state index is 11.7. The molecular weight excluding hydrogens is 258 g/mol. The summed E-state index contributed by atoms with van der Waals surface area (Å²) in [5.41, 5.74) is 0.210. The van der Waals surface area contributed by atoms with E-state index in [2.05, 4.69) is 10.6 Å². The zero-order valence-corrected chi connectivity index (χ0v) is 11.0. The number of non-ortho nitro benzene ring substituents is 1. The fourth-order valence-electron chi connectivity index (χ4n) is 1.21. The molecule has 1 rings (SSSR count). The quantitative estimate of drug-likeness (QED) is 0.627. The first-order valence-electron chi connectivity index (χ1n) is 5.24. The predicted octanol–water partition coefficient (Wildman–Crippen LogP) is 1.35. The number of likely N-dealkylation sites (N-methyl/N-ethyl adjacent to an activating group) is 1. The van der Waals surface area contributed by atoms with Gasteiger partial charge in [-0.3, -0.25) is 14.9 Å². The summed E-state index contributed by atoms with van der Waals surface area (Å²) in [6.07, 6.45) is 0. The Morgan fingerprint density at radius 1 is 1.50 bits per heavy atom. The van der Waals surface area contributed by atoms with Crippen molar-refractivity contribution in [3.05, 3.63) is 39.9 Å². The molecule has 0 aliphatic rings. The lowest BCUT2D eigenvalue weighted by atomic mass is 10.2.